The number of nitrogens with one attached hydrogen (secondary N) is 1. The van der Waals surface area contributed by atoms with E-state index in [4.69, 9.17) is 5.73 Å². The Labute approximate surface area is 97.7 Å². The van der Waals surface area contributed by atoms with Gasteiger partial charge in [-0.3, -0.25) is 0 Å². The van der Waals surface area contributed by atoms with Gasteiger partial charge in [0.05, 0.1) is 0 Å². The van der Waals surface area contributed by atoms with Gasteiger partial charge in [0.25, 0.3) is 0 Å². The Bertz CT molecular complexity index is 323. The highest BCUT2D eigenvalue weighted by atomic mass is 15.0. The Balaban J connectivity index is 2.50. The molecular formula is C12H22N4. The number of anilines is 2. The summed E-state index contributed by atoms with van der Waals surface area (Å²) in [4.78, 5) is 8.22. The molecule has 90 valence electrons. The van der Waals surface area contributed by atoms with Crippen molar-refractivity contribution in [2.75, 3.05) is 17.6 Å². The van der Waals surface area contributed by atoms with E-state index in [-0.39, 0.29) is 0 Å². The number of nitrogens with zero attached hydrogens (tertiary/aromatic N) is 2. The summed E-state index contributed by atoms with van der Waals surface area (Å²) in [6.45, 7) is 7.48. The number of nitrogen functional groups attached to an aromatic ring is 1. The third kappa shape index (κ3) is 3.68. The zero-order chi connectivity index (χ0) is 12.0. The highest BCUT2D eigenvalue weighted by Gasteiger charge is 2.06. The molecule has 0 saturated carbocycles. The second-order valence-corrected chi connectivity index (χ2v) is 4.40. The Kier molecular flexibility index (Phi) is 5.02. The molecule has 0 amide bonds. The predicted molar refractivity (Wildman–Crippen MR) is 68.4 cm³/mol. The van der Waals surface area contributed by atoms with Gasteiger partial charge < -0.3 is 11.1 Å². The van der Waals surface area contributed by atoms with Gasteiger partial charge >= 0.3 is 0 Å². The summed E-state index contributed by atoms with van der Waals surface area (Å²) in [6, 6.07) is 0. The molecule has 0 aliphatic carbocycles. The van der Waals surface area contributed by atoms with Crippen LogP contribution in [0, 0.1) is 5.92 Å². The van der Waals surface area contributed by atoms with Crippen molar-refractivity contribution < 1.29 is 0 Å². The number of rotatable bonds is 6. The molecule has 0 radical (unpaired) electrons. The molecule has 0 fully saturated rings. The van der Waals surface area contributed by atoms with Crippen LogP contribution in [0.15, 0.2) is 6.33 Å². The van der Waals surface area contributed by atoms with Crippen LogP contribution in [0.3, 0.4) is 0 Å². The smallest absolute Gasteiger partial charge is 0.134 e. The number of hydrogen-bond acceptors (Lipinski definition) is 4. The maximum Gasteiger partial charge on any atom is 0.134 e. The standard InChI is InChI=1S/C12H22N4/c1-4-10-11(13)15-8-16-12(10)14-7-5-6-9(2)3/h8-9H,4-7H2,1-3H3,(H3,13,14,15,16). The van der Waals surface area contributed by atoms with Crippen molar-refractivity contribution in [2.24, 2.45) is 5.92 Å². The topological polar surface area (TPSA) is 63.8 Å². The van der Waals surface area contributed by atoms with Crippen molar-refractivity contribution in [2.45, 2.75) is 40.0 Å². The largest absolute Gasteiger partial charge is 0.383 e. The average Bonchev–Trinajstić information content (AvgIpc) is 2.24. The molecule has 4 heteroatoms. The van der Waals surface area contributed by atoms with E-state index < -0.39 is 0 Å². The van der Waals surface area contributed by atoms with Gasteiger partial charge in [-0.15, -0.1) is 0 Å². The van der Waals surface area contributed by atoms with E-state index in [1.54, 1.807) is 0 Å². The number of nitrogens with two attached hydrogens (primary N) is 1. The first-order valence-electron chi connectivity index (χ1n) is 5.98. The van der Waals surface area contributed by atoms with Gasteiger partial charge in [-0.2, -0.15) is 0 Å². The lowest BCUT2D eigenvalue weighted by molar-refractivity contribution is 0.566. The van der Waals surface area contributed by atoms with E-state index in [2.05, 4.69) is 36.1 Å². The van der Waals surface area contributed by atoms with Gasteiger partial charge in [-0.05, 0) is 25.2 Å². The summed E-state index contributed by atoms with van der Waals surface area (Å²) >= 11 is 0. The normalized spacial score (nSPS) is 10.8. The summed E-state index contributed by atoms with van der Waals surface area (Å²) in [5.74, 6) is 2.23. The molecule has 0 saturated heterocycles. The molecule has 1 aromatic rings. The molecule has 1 heterocycles. The van der Waals surface area contributed by atoms with Gasteiger partial charge in [0.15, 0.2) is 0 Å². The van der Waals surface area contributed by atoms with Crippen LogP contribution in [0.4, 0.5) is 11.6 Å². The molecule has 3 N–H and O–H groups in total. The molecule has 4 nitrogen and oxygen atoms in total. The molecule has 0 aliphatic rings. The number of aromatic nitrogens is 2. The third-order valence-electron chi connectivity index (χ3n) is 2.58. The van der Waals surface area contributed by atoms with Gasteiger partial charge in [-0.1, -0.05) is 20.8 Å². The van der Waals surface area contributed by atoms with Crippen molar-refractivity contribution >= 4 is 11.6 Å². The van der Waals surface area contributed by atoms with Gasteiger partial charge in [0.2, 0.25) is 0 Å². The summed E-state index contributed by atoms with van der Waals surface area (Å²) < 4.78 is 0. The summed E-state index contributed by atoms with van der Waals surface area (Å²) in [6.07, 6.45) is 4.76. The van der Waals surface area contributed by atoms with E-state index >= 15 is 0 Å². The van der Waals surface area contributed by atoms with Crippen LogP contribution in [0.5, 0.6) is 0 Å². The van der Waals surface area contributed by atoms with Crippen LogP contribution in [-0.4, -0.2) is 16.5 Å². The molecule has 1 rings (SSSR count). The Hall–Kier alpha value is -1.32. The fraction of sp³-hybridized carbons (Fsp3) is 0.667. The fourth-order valence-corrected chi connectivity index (χ4v) is 1.64. The average molecular weight is 222 g/mol. The quantitative estimate of drug-likeness (QED) is 0.726. The van der Waals surface area contributed by atoms with E-state index in [0.717, 1.165) is 36.7 Å². The minimum atomic E-state index is 0.587. The van der Waals surface area contributed by atoms with Crippen LogP contribution >= 0.6 is 0 Å². The summed E-state index contributed by atoms with van der Waals surface area (Å²) in [5.41, 5.74) is 6.81. The highest BCUT2D eigenvalue weighted by molar-refractivity contribution is 5.54. The summed E-state index contributed by atoms with van der Waals surface area (Å²) in [7, 11) is 0. The molecule has 0 bridgehead atoms. The highest BCUT2D eigenvalue weighted by Crippen LogP contribution is 2.17. The van der Waals surface area contributed by atoms with Crippen LogP contribution < -0.4 is 11.1 Å². The lowest BCUT2D eigenvalue weighted by Crippen LogP contribution is -2.09. The minimum Gasteiger partial charge on any atom is -0.383 e. The zero-order valence-corrected chi connectivity index (χ0v) is 10.5. The maximum absolute atomic E-state index is 5.79. The Morgan fingerprint density at radius 2 is 2.12 bits per heavy atom. The predicted octanol–water partition coefficient (Wildman–Crippen LogP) is 2.47. The second kappa shape index (κ2) is 6.30. The Morgan fingerprint density at radius 3 is 2.75 bits per heavy atom. The van der Waals surface area contributed by atoms with Crippen LogP contribution in [0.25, 0.3) is 0 Å². The van der Waals surface area contributed by atoms with Crippen molar-refractivity contribution in [1.82, 2.24) is 9.97 Å². The fourth-order valence-electron chi connectivity index (χ4n) is 1.64. The van der Waals surface area contributed by atoms with E-state index in [9.17, 15) is 0 Å². The molecular weight excluding hydrogens is 200 g/mol. The first-order chi connectivity index (χ1) is 7.65. The summed E-state index contributed by atoms with van der Waals surface area (Å²) in [5, 5.41) is 3.33. The molecule has 16 heavy (non-hydrogen) atoms. The molecule has 0 spiro atoms. The van der Waals surface area contributed by atoms with Gasteiger partial charge in [0, 0.05) is 12.1 Å². The minimum absolute atomic E-state index is 0.587. The zero-order valence-electron chi connectivity index (χ0n) is 10.5. The van der Waals surface area contributed by atoms with Crippen LogP contribution in [0.1, 0.15) is 39.2 Å². The monoisotopic (exact) mass is 222 g/mol. The SMILES string of the molecule is CCc1c(N)ncnc1NCCCC(C)C. The second-order valence-electron chi connectivity index (χ2n) is 4.40. The van der Waals surface area contributed by atoms with Crippen LogP contribution in [0.2, 0.25) is 0 Å². The van der Waals surface area contributed by atoms with Crippen LogP contribution in [-0.2, 0) is 6.42 Å². The van der Waals surface area contributed by atoms with E-state index in [1.165, 1.54) is 12.7 Å². The lowest BCUT2D eigenvalue weighted by Gasteiger charge is -2.11. The molecule has 1 aromatic heterocycles. The van der Waals surface area contributed by atoms with Crippen molar-refractivity contribution in [3.63, 3.8) is 0 Å². The maximum atomic E-state index is 5.79. The number of hydrogen-bond donors (Lipinski definition) is 2. The van der Waals surface area contributed by atoms with Crippen molar-refractivity contribution in [3.8, 4) is 0 Å². The first-order valence-corrected chi connectivity index (χ1v) is 5.98. The van der Waals surface area contributed by atoms with Crippen molar-refractivity contribution in [1.29, 1.82) is 0 Å². The third-order valence-corrected chi connectivity index (χ3v) is 2.58. The van der Waals surface area contributed by atoms with Gasteiger partial charge in [-0.25, -0.2) is 9.97 Å². The molecule has 0 atom stereocenters. The van der Waals surface area contributed by atoms with Crippen molar-refractivity contribution in [3.05, 3.63) is 11.9 Å². The van der Waals surface area contributed by atoms with Gasteiger partial charge in [0.1, 0.15) is 18.0 Å². The van der Waals surface area contributed by atoms with E-state index in [1.807, 2.05) is 0 Å². The molecule has 0 aromatic carbocycles. The Morgan fingerprint density at radius 1 is 1.38 bits per heavy atom. The molecule has 0 unspecified atom stereocenters. The van der Waals surface area contributed by atoms with E-state index in [0.29, 0.717) is 5.82 Å². The lowest BCUT2D eigenvalue weighted by atomic mass is 10.1. The molecule has 0 aliphatic heterocycles. The first kappa shape index (κ1) is 12.7.